The van der Waals surface area contributed by atoms with Gasteiger partial charge < -0.3 is 9.64 Å². The number of terminal acetylenes is 1. The molecule has 28 heavy (non-hydrogen) atoms. The summed E-state index contributed by atoms with van der Waals surface area (Å²) in [7, 11) is 0. The summed E-state index contributed by atoms with van der Waals surface area (Å²) in [6.07, 6.45) is 10.4. The largest absolute Gasteiger partial charge is 0.448 e. The van der Waals surface area contributed by atoms with E-state index in [0.717, 1.165) is 32.1 Å². The van der Waals surface area contributed by atoms with E-state index in [1.54, 1.807) is 0 Å². The van der Waals surface area contributed by atoms with Crippen molar-refractivity contribution in [2.24, 2.45) is 5.92 Å². The lowest BCUT2D eigenvalue weighted by Gasteiger charge is -2.37. The van der Waals surface area contributed by atoms with Crippen molar-refractivity contribution < 1.29 is 9.53 Å². The number of hydrogen-bond acceptors (Lipinski definition) is 2. The first-order valence-electron chi connectivity index (χ1n) is 10.3. The normalized spacial score (nSPS) is 25.1. The van der Waals surface area contributed by atoms with Crippen molar-refractivity contribution in [1.82, 2.24) is 4.90 Å². The van der Waals surface area contributed by atoms with E-state index in [0.29, 0.717) is 24.6 Å². The van der Waals surface area contributed by atoms with Crippen LogP contribution in [-0.2, 0) is 4.74 Å². The molecule has 2 aromatic carbocycles. The molecule has 1 amide bonds. The van der Waals surface area contributed by atoms with Gasteiger partial charge in [-0.2, -0.15) is 0 Å². The maximum absolute atomic E-state index is 13.0. The predicted octanol–water partition coefficient (Wildman–Crippen LogP) is 5.20. The van der Waals surface area contributed by atoms with E-state index in [9.17, 15) is 4.79 Å². The molecule has 2 bridgehead atoms. The number of carbonyl (C=O) groups excluding carboxylic acids is 1. The second-order valence-electron chi connectivity index (χ2n) is 8.34. The van der Waals surface area contributed by atoms with Crippen molar-refractivity contribution in [3.05, 3.63) is 59.7 Å². The zero-order valence-corrected chi connectivity index (χ0v) is 16.0. The summed E-state index contributed by atoms with van der Waals surface area (Å²) < 4.78 is 5.90. The molecule has 3 heteroatoms. The van der Waals surface area contributed by atoms with Crippen molar-refractivity contribution in [2.45, 2.75) is 50.1 Å². The van der Waals surface area contributed by atoms with Crippen molar-refractivity contribution >= 4 is 6.09 Å². The zero-order valence-electron chi connectivity index (χ0n) is 16.0. The monoisotopic (exact) mass is 371 g/mol. The van der Waals surface area contributed by atoms with Crippen LogP contribution < -0.4 is 0 Å². The molecule has 0 aromatic heterocycles. The van der Waals surface area contributed by atoms with Gasteiger partial charge in [0.25, 0.3) is 0 Å². The Balaban J connectivity index is 1.31. The highest BCUT2D eigenvalue weighted by atomic mass is 16.6. The summed E-state index contributed by atoms with van der Waals surface area (Å²) in [6, 6.07) is 17.5. The van der Waals surface area contributed by atoms with E-state index in [1.807, 2.05) is 4.90 Å². The van der Waals surface area contributed by atoms with Crippen LogP contribution in [0, 0.1) is 18.3 Å². The lowest BCUT2D eigenvalue weighted by Crippen LogP contribution is -2.47. The Morgan fingerprint density at radius 2 is 1.57 bits per heavy atom. The second-order valence-corrected chi connectivity index (χ2v) is 8.34. The van der Waals surface area contributed by atoms with Gasteiger partial charge in [-0.3, -0.25) is 0 Å². The van der Waals surface area contributed by atoms with Crippen molar-refractivity contribution in [1.29, 1.82) is 0 Å². The number of amides is 1. The molecule has 5 rings (SSSR count). The summed E-state index contributed by atoms with van der Waals surface area (Å²) in [4.78, 5) is 15.0. The molecule has 2 heterocycles. The molecule has 1 aliphatic carbocycles. The number of fused-ring (bicyclic) bond motifs is 5. The molecule has 0 N–H and O–H groups in total. The number of hydrogen-bond donors (Lipinski definition) is 0. The molecule has 3 aliphatic rings. The van der Waals surface area contributed by atoms with Gasteiger partial charge in [-0.25, -0.2) is 4.79 Å². The molecule has 2 fully saturated rings. The molecule has 3 nitrogen and oxygen atoms in total. The van der Waals surface area contributed by atoms with E-state index in [1.165, 1.54) is 22.3 Å². The third-order valence-corrected chi connectivity index (χ3v) is 6.78. The smallest absolute Gasteiger partial charge is 0.410 e. The van der Waals surface area contributed by atoms with Gasteiger partial charge in [-0.05, 0) is 53.9 Å². The molecule has 142 valence electrons. The van der Waals surface area contributed by atoms with Gasteiger partial charge in [0, 0.05) is 24.4 Å². The quantitative estimate of drug-likeness (QED) is 0.694. The average Bonchev–Trinajstić information content (AvgIpc) is 3.18. The number of benzene rings is 2. The molecular formula is C25H25NO2. The molecule has 0 saturated carbocycles. The van der Waals surface area contributed by atoms with Gasteiger partial charge in [0.1, 0.15) is 6.61 Å². The third-order valence-electron chi connectivity index (χ3n) is 6.78. The topological polar surface area (TPSA) is 29.5 Å². The average molecular weight is 371 g/mol. The first-order chi connectivity index (χ1) is 13.8. The van der Waals surface area contributed by atoms with Gasteiger partial charge in [0.2, 0.25) is 0 Å². The highest BCUT2D eigenvalue weighted by molar-refractivity contribution is 5.79. The maximum atomic E-state index is 13.0. The van der Waals surface area contributed by atoms with E-state index in [-0.39, 0.29) is 12.0 Å². The minimum absolute atomic E-state index is 0.119. The first-order valence-corrected chi connectivity index (χ1v) is 10.3. The van der Waals surface area contributed by atoms with Crippen LogP contribution in [0.25, 0.3) is 11.1 Å². The van der Waals surface area contributed by atoms with Gasteiger partial charge in [-0.15, -0.1) is 12.3 Å². The Bertz CT molecular complexity index is 884. The first kappa shape index (κ1) is 17.4. The van der Waals surface area contributed by atoms with E-state index in [4.69, 9.17) is 11.2 Å². The van der Waals surface area contributed by atoms with Crippen LogP contribution in [0.15, 0.2) is 48.5 Å². The summed E-state index contributed by atoms with van der Waals surface area (Å²) >= 11 is 0. The maximum Gasteiger partial charge on any atom is 0.410 e. The van der Waals surface area contributed by atoms with Crippen molar-refractivity contribution in [3.8, 4) is 23.5 Å². The number of carbonyl (C=O) groups is 1. The molecule has 0 spiro atoms. The minimum Gasteiger partial charge on any atom is -0.448 e. The molecule has 2 aliphatic heterocycles. The number of nitrogens with zero attached hydrogens (tertiary/aromatic N) is 1. The molecule has 2 aromatic rings. The number of ether oxygens (including phenoxy) is 1. The van der Waals surface area contributed by atoms with Gasteiger partial charge in [0.05, 0.1) is 0 Å². The lowest BCUT2D eigenvalue weighted by molar-refractivity contribution is 0.0565. The fourth-order valence-corrected chi connectivity index (χ4v) is 5.59. The highest BCUT2D eigenvalue weighted by Crippen LogP contribution is 2.45. The standard InChI is InChI=1S/C25H25NO2/c1-2-7-17-14-18-12-13-19(15-17)26(18)25(27)28-16-24-22-10-5-3-8-20(22)21-9-4-6-11-23(21)24/h1,3-6,8-11,17-19,24H,7,12-16H2. The van der Waals surface area contributed by atoms with Gasteiger partial charge >= 0.3 is 6.09 Å². The Hall–Kier alpha value is -2.73. The van der Waals surface area contributed by atoms with Crippen LogP contribution in [0.1, 0.15) is 49.1 Å². The minimum atomic E-state index is -0.145. The van der Waals surface area contributed by atoms with Crippen molar-refractivity contribution in [3.63, 3.8) is 0 Å². The van der Waals surface area contributed by atoms with Crippen LogP contribution in [-0.4, -0.2) is 29.7 Å². The SMILES string of the molecule is C#CCC1CC2CCC(C1)N2C(=O)OCC1c2ccccc2-c2ccccc21. The van der Waals surface area contributed by atoms with Crippen molar-refractivity contribution in [2.75, 3.05) is 6.61 Å². The van der Waals surface area contributed by atoms with Crippen LogP contribution in [0.5, 0.6) is 0 Å². The second kappa shape index (κ2) is 7.02. The number of piperidine rings is 1. The van der Waals surface area contributed by atoms with E-state index >= 15 is 0 Å². The summed E-state index contributed by atoms with van der Waals surface area (Å²) in [5.41, 5.74) is 5.03. The highest BCUT2D eigenvalue weighted by Gasteiger charge is 2.44. The van der Waals surface area contributed by atoms with E-state index in [2.05, 4.69) is 54.5 Å². The zero-order chi connectivity index (χ0) is 19.1. The Labute approximate surface area is 166 Å². The van der Waals surface area contributed by atoms with Gasteiger partial charge in [0.15, 0.2) is 0 Å². The third kappa shape index (κ3) is 2.79. The summed E-state index contributed by atoms with van der Waals surface area (Å²) in [6.45, 7) is 0.399. The van der Waals surface area contributed by atoms with Crippen LogP contribution >= 0.6 is 0 Å². The lowest BCUT2D eigenvalue weighted by atomic mass is 9.89. The predicted molar refractivity (Wildman–Crippen MR) is 110 cm³/mol. The fraction of sp³-hybridized carbons (Fsp3) is 0.400. The summed E-state index contributed by atoms with van der Waals surface area (Å²) in [5.74, 6) is 3.47. The van der Waals surface area contributed by atoms with Gasteiger partial charge in [-0.1, -0.05) is 48.5 Å². The van der Waals surface area contributed by atoms with E-state index < -0.39 is 0 Å². The summed E-state index contributed by atoms with van der Waals surface area (Å²) in [5, 5.41) is 0. The molecule has 2 saturated heterocycles. The molecule has 0 radical (unpaired) electrons. The fourth-order valence-electron chi connectivity index (χ4n) is 5.59. The molecule has 2 atom stereocenters. The molecule has 2 unspecified atom stereocenters. The molecular weight excluding hydrogens is 346 g/mol. The van der Waals surface area contributed by atoms with Crippen LogP contribution in [0.2, 0.25) is 0 Å². The number of rotatable bonds is 3. The van der Waals surface area contributed by atoms with Crippen LogP contribution in [0.3, 0.4) is 0 Å². The Morgan fingerprint density at radius 1 is 1.00 bits per heavy atom. The Kier molecular flexibility index (Phi) is 4.36. The van der Waals surface area contributed by atoms with Crippen LogP contribution in [0.4, 0.5) is 4.79 Å². The Morgan fingerprint density at radius 3 is 2.14 bits per heavy atom.